The van der Waals surface area contributed by atoms with Crippen LogP contribution in [-0.4, -0.2) is 15.6 Å². The van der Waals surface area contributed by atoms with E-state index in [9.17, 15) is 20.2 Å². The lowest BCUT2D eigenvalue weighted by Crippen LogP contribution is -2.05. The number of rotatable bonds is 4. The second kappa shape index (κ2) is 6.08. The minimum absolute atomic E-state index is 0.105. The van der Waals surface area contributed by atoms with Gasteiger partial charge in [-0.2, -0.15) is 15.6 Å². The molecular formula is C11H8N6O4. The maximum absolute atomic E-state index is 11.1. The fourth-order valence-electron chi connectivity index (χ4n) is 1.63. The van der Waals surface area contributed by atoms with Gasteiger partial charge in [-0.3, -0.25) is 25.7 Å². The molecule has 0 saturated carbocycles. The molecule has 1 N–H and O–H groups in total. The molecule has 0 heterocycles. The van der Waals surface area contributed by atoms with E-state index in [2.05, 4.69) is 10.5 Å². The van der Waals surface area contributed by atoms with Crippen LogP contribution in [0.2, 0.25) is 0 Å². The van der Waals surface area contributed by atoms with Crippen LogP contribution < -0.4 is 5.43 Å². The van der Waals surface area contributed by atoms with E-state index >= 15 is 0 Å². The molecule has 0 aliphatic carbocycles. The Morgan fingerprint density at radius 1 is 1.24 bits per heavy atom. The number of hydrazone groups is 1. The van der Waals surface area contributed by atoms with Crippen LogP contribution >= 0.6 is 0 Å². The third kappa shape index (κ3) is 3.08. The first kappa shape index (κ1) is 15.5. The quantitative estimate of drug-likeness (QED) is 0.503. The number of nitro benzene ring substituents is 2. The summed E-state index contributed by atoms with van der Waals surface area (Å²) in [5.41, 5.74) is 0.739. The lowest BCUT2D eigenvalue weighted by molar-refractivity contribution is -0.394. The van der Waals surface area contributed by atoms with Crippen LogP contribution in [-0.2, 0) is 0 Å². The topological polar surface area (TPSA) is 158 Å². The standard InChI is InChI=1S/C11H8N6O4/c1-6-3-9(16(18)19)7(2)11(17(20)21)10(6)15-14-8(4-12)5-13/h3,15H,1-2H3. The Bertz CT molecular complexity index is 725. The number of anilines is 1. The van der Waals surface area contributed by atoms with Crippen LogP contribution in [0.15, 0.2) is 11.2 Å². The van der Waals surface area contributed by atoms with Crippen molar-refractivity contribution in [2.75, 3.05) is 5.43 Å². The van der Waals surface area contributed by atoms with Crippen molar-refractivity contribution >= 4 is 22.8 Å². The Labute approximate surface area is 118 Å². The first-order valence-electron chi connectivity index (χ1n) is 5.40. The highest BCUT2D eigenvalue weighted by Crippen LogP contribution is 2.37. The van der Waals surface area contributed by atoms with E-state index < -0.39 is 26.9 Å². The zero-order chi connectivity index (χ0) is 16.2. The van der Waals surface area contributed by atoms with Crippen molar-refractivity contribution in [3.8, 4) is 12.1 Å². The zero-order valence-corrected chi connectivity index (χ0v) is 10.9. The Balaban J connectivity index is 3.54. The minimum Gasteiger partial charge on any atom is -0.269 e. The summed E-state index contributed by atoms with van der Waals surface area (Å²) in [5.74, 6) is 0. The summed E-state index contributed by atoms with van der Waals surface area (Å²) in [6.07, 6.45) is 0. The molecule has 10 nitrogen and oxygen atoms in total. The number of nitriles is 2. The lowest BCUT2D eigenvalue weighted by Gasteiger charge is -2.08. The molecule has 1 aromatic rings. The number of hydrogen-bond donors (Lipinski definition) is 1. The van der Waals surface area contributed by atoms with E-state index in [-0.39, 0.29) is 16.8 Å². The van der Waals surface area contributed by atoms with Crippen molar-refractivity contribution in [2.45, 2.75) is 13.8 Å². The molecule has 0 saturated heterocycles. The first-order chi connectivity index (χ1) is 9.83. The molecule has 0 aliphatic heterocycles. The molecule has 0 bridgehead atoms. The summed E-state index contributed by atoms with van der Waals surface area (Å²) in [6.45, 7) is 2.65. The van der Waals surface area contributed by atoms with E-state index in [0.717, 1.165) is 6.07 Å². The van der Waals surface area contributed by atoms with Gasteiger partial charge in [0.25, 0.3) is 5.69 Å². The van der Waals surface area contributed by atoms with Crippen LogP contribution in [0.5, 0.6) is 0 Å². The highest BCUT2D eigenvalue weighted by Gasteiger charge is 2.28. The Morgan fingerprint density at radius 2 is 1.81 bits per heavy atom. The Morgan fingerprint density at radius 3 is 2.24 bits per heavy atom. The van der Waals surface area contributed by atoms with Crippen LogP contribution in [0.25, 0.3) is 0 Å². The smallest absolute Gasteiger partial charge is 0.269 e. The third-order valence-electron chi connectivity index (χ3n) is 2.59. The summed E-state index contributed by atoms with van der Waals surface area (Å²) in [4.78, 5) is 20.5. The molecule has 21 heavy (non-hydrogen) atoms. The van der Waals surface area contributed by atoms with E-state index in [1.165, 1.54) is 26.0 Å². The van der Waals surface area contributed by atoms with Gasteiger partial charge in [-0.15, -0.1) is 0 Å². The van der Waals surface area contributed by atoms with Crippen LogP contribution in [0.1, 0.15) is 11.1 Å². The second-order valence-corrected chi connectivity index (χ2v) is 3.87. The van der Waals surface area contributed by atoms with Crippen molar-refractivity contribution in [3.63, 3.8) is 0 Å². The zero-order valence-electron chi connectivity index (χ0n) is 10.9. The second-order valence-electron chi connectivity index (χ2n) is 3.87. The van der Waals surface area contributed by atoms with Gasteiger partial charge >= 0.3 is 5.69 Å². The van der Waals surface area contributed by atoms with Gasteiger partial charge in [-0.25, -0.2) is 0 Å². The fourth-order valence-corrected chi connectivity index (χ4v) is 1.63. The molecular weight excluding hydrogens is 280 g/mol. The van der Waals surface area contributed by atoms with Gasteiger partial charge in [0.15, 0.2) is 0 Å². The Kier molecular flexibility index (Phi) is 4.49. The number of benzene rings is 1. The van der Waals surface area contributed by atoms with Crippen molar-refractivity contribution < 1.29 is 9.85 Å². The van der Waals surface area contributed by atoms with Gasteiger partial charge in [0, 0.05) is 6.07 Å². The monoisotopic (exact) mass is 288 g/mol. The summed E-state index contributed by atoms with van der Waals surface area (Å²) >= 11 is 0. The van der Waals surface area contributed by atoms with E-state index in [0.29, 0.717) is 0 Å². The van der Waals surface area contributed by atoms with Crippen molar-refractivity contribution in [3.05, 3.63) is 37.4 Å². The molecule has 0 atom stereocenters. The minimum atomic E-state index is -0.786. The van der Waals surface area contributed by atoms with Gasteiger partial charge in [0.05, 0.1) is 9.85 Å². The van der Waals surface area contributed by atoms with Gasteiger partial charge in [0.2, 0.25) is 5.71 Å². The molecule has 0 amide bonds. The van der Waals surface area contributed by atoms with Crippen molar-refractivity contribution in [2.24, 2.45) is 5.10 Å². The average Bonchev–Trinajstić information content (AvgIpc) is 2.42. The maximum Gasteiger partial charge on any atom is 0.304 e. The molecule has 0 radical (unpaired) electrons. The van der Waals surface area contributed by atoms with Crippen LogP contribution in [0, 0.1) is 56.7 Å². The molecule has 0 spiro atoms. The molecule has 0 fully saturated rings. The number of aryl methyl sites for hydroxylation is 1. The lowest BCUT2D eigenvalue weighted by atomic mass is 10.1. The molecule has 0 unspecified atom stereocenters. The summed E-state index contributed by atoms with van der Waals surface area (Å²) in [6, 6.07) is 4.12. The summed E-state index contributed by atoms with van der Waals surface area (Å²) in [5, 5.41) is 42.5. The number of nitrogens with zero attached hydrogens (tertiary/aromatic N) is 5. The predicted octanol–water partition coefficient (Wildman–Crippen LogP) is 1.93. The predicted molar refractivity (Wildman–Crippen MR) is 71.5 cm³/mol. The van der Waals surface area contributed by atoms with Gasteiger partial charge in [-0.05, 0) is 19.4 Å². The SMILES string of the molecule is Cc1cc([N+](=O)[O-])c(C)c([N+](=O)[O-])c1NN=C(C#N)C#N. The van der Waals surface area contributed by atoms with Crippen molar-refractivity contribution in [1.82, 2.24) is 0 Å². The maximum atomic E-state index is 11.1. The first-order valence-corrected chi connectivity index (χ1v) is 5.40. The van der Waals surface area contributed by atoms with Crippen LogP contribution in [0.4, 0.5) is 17.1 Å². The highest BCUT2D eigenvalue weighted by atomic mass is 16.6. The number of nitrogens with one attached hydrogen (secondary N) is 1. The Hall–Kier alpha value is -3.53. The number of hydrogen-bond acceptors (Lipinski definition) is 8. The van der Waals surface area contributed by atoms with Gasteiger partial charge in [-0.1, -0.05) is 0 Å². The summed E-state index contributed by atoms with van der Waals surface area (Å²) < 4.78 is 0. The average molecular weight is 288 g/mol. The van der Waals surface area contributed by atoms with E-state index in [4.69, 9.17) is 10.5 Å². The molecule has 106 valence electrons. The highest BCUT2D eigenvalue weighted by molar-refractivity contribution is 6.10. The van der Waals surface area contributed by atoms with E-state index in [1.807, 2.05) is 0 Å². The van der Waals surface area contributed by atoms with Crippen LogP contribution in [0.3, 0.4) is 0 Å². The van der Waals surface area contributed by atoms with E-state index in [1.54, 1.807) is 0 Å². The molecule has 0 aliphatic rings. The number of nitro groups is 2. The summed E-state index contributed by atoms with van der Waals surface area (Å²) in [7, 11) is 0. The van der Waals surface area contributed by atoms with Gasteiger partial charge < -0.3 is 0 Å². The molecule has 0 aromatic heterocycles. The normalized spacial score (nSPS) is 9.14. The van der Waals surface area contributed by atoms with Gasteiger partial charge in [0.1, 0.15) is 23.4 Å². The molecule has 10 heteroatoms. The molecule has 1 rings (SSSR count). The third-order valence-corrected chi connectivity index (χ3v) is 2.59. The largest absolute Gasteiger partial charge is 0.304 e. The molecule has 1 aromatic carbocycles. The van der Waals surface area contributed by atoms with Crippen molar-refractivity contribution in [1.29, 1.82) is 10.5 Å². The fraction of sp³-hybridized carbons (Fsp3) is 0.182.